The van der Waals surface area contributed by atoms with E-state index in [4.69, 9.17) is 9.47 Å². The Balaban J connectivity index is 1.10. The van der Waals surface area contributed by atoms with Gasteiger partial charge in [0.25, 0.3) is 0 Å². The minimum absolute atomic E-state index is 0.0431. The molecule has 10 heteroatoms. The standard InChI is InChI=1S/C33H45N5O5/c1-4-22-42-32(41)38-20-7-19-33(38,2)30(39)36(3)27-18-21-37(23-27)26-14-10-24(11-15-26)34-31(40)35-25-12-16-29(17-13-25)43-28-8-5-6-9-28/h4,10,12-14,16-17,27-28H,1,5-9,11,15,18-23H2,2-3H3,(H2,34,35,40). The van der Waals surface area contributed by atoms with Crippen molar-refractivity contribution in [3.05, 3.63) is 60.5 Å². The number of allylic oxidation sites excluding steroid dienone is 4. The lowest BCUT2D eigenvalue weighted by atomic mass is 9.96. The molecule has 1 saturated carbocycles. The van der Waals surface area contributed by atoms with Gasteiger partial charge >= 0.3 is 12.1 Å². The van der Waals surface area contributed by atoms with Gasteiger partial charge in [0.05, 0.1) is 12.1 Å². The molecule has 0 bridgehead atoms. The van der Waals surface area contributed by atoms with Crippen LogP contribution in [0.1, 0.15) is 64.7 Å². The molecule has 2 atom stereocenters. The number of ether oxygens (including phenoxy) is 2. The lowest BCUT2D eigenvalue weighted by molar-refractivity contribution is -0.141. The van der Waals surface area contributed by atoms with E-state index in [1.165, 1.54) is 24.6 Å². The van der Waals surface area contributed by atoms with Crippen LogP contribution in [0, 0.1) is 0 Å². The highest BCUT2D eigenvalue weighted by molar-refractivity contribution is 5.91. The molecule has 3 fully saturated rings. The van der Waals surface area contributed by atoms with Crippen LogP contribution in [-0.2, 0) is 9.53 Å². The van der Waals surface area contributed by atoms with Crippen LogP contribution < -0.4 is 15.4 Å². The van der Waals surface area contributed by atoms with Gasteiger partial charge in [0.15, 0.2) is 0 Å². The fourth-order valence-corrected chi connectivity index (χ4v) is 6.67. The van der Waals surface area contributed by atoms with Crippen LogP contribution in [-0.4, -0.2) is 83.7 Å². The third kappa shape index (κ3) is 7.17. The molecule has 2 saturated heterocycles. The minimum atomic E-state index is -0.903. The second-order valence-electron chi connectivity index (χ2n) is 12.2. The van der Waals surface area contributed by atoms with Gasteiger partial charge in [-0.2, -0.15) is 0 Å². The topological polar surface area (TPSA) is 103 Å². The SMILES string of the molecule is C=CCOC(=O)N1CCCC1(C)C(=O)N(C)C1CCN(C2=CC=C(NC(=O)Nc3ccc(OC4CCCC4)cc3)CC2)C1. The fourth-order valence-electron chi connectivity index (χ4n) is 6.67. The zero-order valence-corrected chi connectivity index (χ0v) is 25.5. The molecular formula is C33H45N5O5. The highest BCUT2D eigenvalue weighted by Crippen LogP contribution is 2.34. The number of likely N-dealkylation sites (tertiary alicyclic amines) is 2. The zero-order valence-electron chi connectivity index (χ0n) is 25.5. The Kier molecular flexibility index (Phi) is 9.62. The maximum Gasteiger partial charge on any atom is 0.410 e. The van der Waals surface area contributed by atoms with Crippen molar-refractivity contribution in [2.45, 2.75) is 82.4 Å². The molecule has 4 aliphatic rings. The predicted molar refractivity (Wildman–Crippen MR) is 166 cm³/mol. The fraction of sp³-hybridized carbons (Fsp3) is 0.545. The second-order valence-corrected chi connectivity index (χ2v) is 12.2. The van der Waals surface area contributed by atoms with Gasteiger partial charge in [-0.15, -0.1) is 0 Å². The van der Waals surface area contributed by atoms with Crippen LogP contribution in [0.3, 0.4) is 0 Å². The van der Waals surface area contributed by atoms with Crippen molar-refractivity contribution in [3.8, 4) is 5.75 Å². The van der Waals surface area contributed by atoms with E-state index in [1.54, 1.807) is 4.90 Å². The number of carbonyl (C=O) groups excluding carboxylic acids is 3. The maximum atomic E-state index is 13.7. The van der Waals surface area contributed by atoms with E-state index in [-0.39, 0.29) is 24.6 Å². The van der Waals surface area contributed by atoms with Gasteiger partial charge in [0.2, 0.25) is 5.91 Å². The molecule has 2 aliphatic heterocycles. The Labute approximate surface area is 254 Å². The van der Waals surface area contributed by atoms with E-state index in [9.17, 15) is 14.4 Å². The summed E-state index contributed by atoms with van der Waals surface area (Å²) in [5.74, 6) is 0.794. The lowest BCUT2D eigenvalue weighted by Crippen LogP contribution is -2.58. The monoisotopic (exact) mass is 591 g/mol. The number of nitrogens with zero attached hydrogens (tertiary/aromatic N) is 3. The maximum absolute atomic E-state index is 13.7. The number of hydrogen-bond donors (Lipinski definition) is 2. The summed E-state index contributed by atoms with van der Waals surface area (Å²) in [4.78, 5) is 44.6. The molecule has 1 aromatic carbocycles. The Bertz CT molecular complexity index is 1250. The van der Waals surface area contributed by atoms with E-state index < -0.39 is 11.6 Å². The van der Waals surface area contributed by atoms with E-state index in [0.717, 1.165) is 63.1 Å². The lowest BCUT2D eigenvalue weighted by Gasteiger charge is -2.38. The van der Waals surface area contributed by atoms with Crippen molar-refractivity contribution in [2.24, 2.45) is 0 Å². The van der Waals surface area contributed by atoms with Crippen LogP contribution in [0.15, 0.2) is 60.5 Å². The molecule has 1 aromatic rings. The molecule has 5 rings (SSSR count). The Hall–Kier alpha value is -3.95. The largest absolute Gasteiger partial charge is 0.490 e. The third-order valence-corrected chi connectivity index (χ3v) is 9.20. The first kappa shape index (κ1) is 30.5. The van der Waals surface area contributed by atoms with Crippen molar-refractivity contribution < 1.29 is 23.9 Å². The van der Waals surface area contributed by atoms with Crippen molar-refractivity contribution in [1.29, 1.82) is 0 Å². The molecule has 0 aromatic heterocycles. The van der Waals surface area contributed by atoms with Crippen molar-refractivity contribution >= 4 is 23.7 Å². The van der Waals surface area contributed by atoms with Crippen LogP contribution >= 0.6 is 0 Å². The summed E-state index contributed by atoms with van der Waals surface area (Å²) in [5.41, 5.74) is 1.88. The molecule has 0 radical (unpaired) electrons. The van der Waals surface area contributed by atoms with Crippen LogP contribution in [0.25, 0.3) is 0 Å². The second kappa shape index (κ2) is 13.6. The number of carbonyl (C=O) groups is 3. The number of urea groups is 1. The van der Waals surface area contributed by atoms with Gasteiger partial charge in [-0.05, 0) is 101 Å². The van der Waals surface area contributed by atoms with E-state index in [2.05, 4.69) is 28.2 Å². The summed E-state index contributed by atoms with van der Waals surface area (Å²) >= 11 is 0. The predicted octanol–water partition coefficient (Wildman–Crippen LogP) is 5.40. The summed E-state index contributed by atoms with van der Waals surface area (Å²) < 4.78 is 11.3. The van der Waals surface area contributed by atoms with Gasteiger partial charge in [-0.25, -0.2) is 9.59 Å². The molecule has 2 unspecified atom stereocenters. The highest BCUT2D eigenvalue weighted by Gasteiger charge is 2.49. The molecule has 0 spiro atoms. The molecule has 2 N–H and O–H groups in total. The number of nitrogens with one attached hydrogen (secondary N) is 2. The number of anilines is 1. The van der Waals surface area contributed by atoms with E-state index in [0.29, 0.717) is 24.8 Å². The van der Waals surface area contributed by atoms with Gasteiger partial charge in [-0.3, -0.25) is 9.69 Å². The number of likely N-dealkylation sites (N-methyl/N-ethyl adjacent to an activating group) is 1. The summed E-state index contributed by atoms with van der Waals surface area (Å²) in [7, 11) is 1.85. The smallest absolute Gasteiger partial charge is 0.410 e. The number of hydrogen-bond acceptors (Lipinski definition) is 6. The first-order valence-electron chi connectivity index (χ1n) is 15.6. The summed E-state index contributed by atoms with van der Waals surface area (Å²) in [6, 6.07) is 7.32. The molecule has 4 amide bonds. The quantitative estimate of drug-likeness (QED) is 0.373. The minimum Gasteiger partial charge on any atom is -0.490 e. The Morgan fingerprint density at radius 2 is 1.81 bits per heavy atom. The van der Waals surface area contributed by atoms with Crippen LogP contribution in [0.4, 0.5) is 15.3 Å². The number of rotatable bonds is 9. The van der Waals surface area contributed by atoms with Gasteiger partial charge < -0.3 is 29.9 Å². The molecule has 2 heterocycles. The highest BCUT2D eigenvalue weighted by atomic mass is 16.6. The molecule has 2 aliphatic carbocycles. The van der Waals surface area contributed by atoms with Crippen molar-refractivity contribution in [3.63, 3.8) is 0 Å². The average molecular weight is 592 g/mol. The molecule has 43 heavy (non-hydrogen) atoms. The van der Waals surface area contributed by atoms with Gasteiger partial charge in [-0.1, -0.05) is 12.7 Å². The first-order valence-corrected chi connectivity index (χ1v) is 15.6. The number of benzene rings is 1. The third-order valence-electron chi connectivity index (χ3n) is 9.20. The van der Waals surface area contributed by atoms with Gasteiger partial charge in [0.1, 0.15) is 17.9 Å². The molecular weight excluding hydrogens is 546 g/mol. The Morgan fingerprint density at radius 1 is 1.05 bits per heavy atom. The van der Waals surface area contributed by atoms with Gasteiger partial charge in [0, 0.05) is 43.8 Å². The first-order chi connectivity index (χ1) is 20.8. The van der Waals surface area contributed by atoms with Crippen molar-refractivity contribution in [2.75, 3.05) is 38.6 Å². The van der Waals surface area contributed by atoms with E-state index in [1.807, 2.05) is 49.2 Å². The molecule has 10 nitrogen and oxygen atoms in total. The Morgan fingerprint density at radius 3 is 2.51 bits per heavy atom. The van der Waals surface area contributed by atoms with E-state index >= 15 is 0 Å². The van der Waals surface area contributed by atoms with Crippen LogP contribution in [0.2, 0.25) is 0 Å². The normalized spacial score (nSPS) is 23.8. The van der Waals surface area contributed by atoms with Crippen molar-refractivity contribution in [1.82, 2.24) is 20.0 Å². The molecule has 232 valence electrons. The zero-order chi connectivity index (χ0) is 30.4. The van der Waals surface area contributed by atoms with Crippen LogP contribution in [0.5, 0.6) is 5.75 Å². The summed E-state index contributed by atoms with van der Waals surface area (Å²) in [5, 5.41) is 5.87. The average Bonchev–Trinajstić information content (AvgIpc) is 3.79. The number of amides is 4. The summed E-state index contributed by atoms with van der Waals surface area (Å²) in [6.07, 6.45) is 13.9. The summed E-state index contributed by atoms with van der Waals surface area (Å²) in [6.45, 7) is 7.68.